The van der Waals surface area contributed by atoms with Gasteiger partial charge in [0.2, 0.25) is 0 Å². The number of halogens is 2. The third-order valence-electron chi connectivity index (χ3n) is 8.19. The minimum Gasteiger partial charge on any atom is -0.497 e. The fourth-order valence-electron chi connectivity index (χ4n) is 5.91. The molecular weight excluding hydrogens is 571 g/mol. The van der Waals surface area contributed by atoms with Gasteiger partial charge in [-0.1, -0.05) is 47.5 Å². The SMILES string of the molecule is COc1ccc(C2=N[C@@](C)(c3ccc(Cl)cc3)[C@@H](c3ccc(Cl)cc3)N2C(=O)N2CCC(CN)CC2)c(OC(C)C)c1. The molecular formula is C33H38Cl2N4O3. The Kier molecular flexibility index (Phi) is 9.02. The summed E-state index contributed by atoms with van der Waals surface area (Å²) in [5.41, 5.74) is 7.68. The molecule has 42 heavy (non-hydrogen) atoms. The number of likely N-dealkylation sites (tertiary alicyclic amines) is 1. The lowest BCUT2D eigenvalue weighted by Crippen LogP contribution is -2.51. The largest absolute Gasteiger partial charge is 0.497 e. The fourth-order valence-corrected chi connectivity index (χ4v) is 6.16. The van der Waals surface area contributed by atoms with E-state index in [1.807, 2.05) is 90.4 Å². The number of piperidine rings is 1. The number of amidine groups is 1. The number of urea groups is 1. The van der Waals surface area contributed by atoms with E-state index >= 15 is 0 Å². The molecule has 1 fully saturated rings. The summed E-state index contributed by atoms with van der Waals surface area (Å²) < 4.78 is 11.8. The summed E-state index contributed by atoms with van der Waals surface area (Å²) in [6.07, 6.45) is 1.63. The third-order valence-corrected chi connectivity index (χ3v) is 8.69. The van der Waals surface area contributed by atoms with E-state index in [1.165, 1.54) is 0 Å². The van der Waals surface area contributed by atoms with E-state index < -0.39 is 11.6 Å². The molecule has 9 heteroatoms. The van der Waals surface area contributed by atoms with E-state index in [0.717, 1.165) is 24.0 Å². The highest BCUT2D eigenvalue weighted by Gasteiger charge is 2.51. The quantitative estimate of drug-likeness (QED) is 0.305. The summed E-state index contributed by atoms with van der Waals surface area (Å²) in [5, 5.41) is 1.25. The van der Waals surface area contributed by atoms with Crippen LogP contribution in [0.2, 0.25) is 10.0 Å². The summed E-state index contributed by atoms with van der Waals surface area (Å²) in [5.74, 6) is 2.21. The third kappa shape index (κ3) is 5.96. The predicted molar refractivity (Wildman–Crippen MR) is 169 cm³/mol. The molecule has 2 aliphatic rings. The molecule has 0 bridgehead atoms. The number of carbonyl (C=O) groups is 1. The first-order chi connectivity index (χ1) is 20.1. The first-order valence-electron chi connectivity index (χ1n) is 14.4. The summed E-state index contributed by atoms with van der Waals surface area (Å²) >= 11 is 12.6. The molecule has 0 aromatic heterocycles. The van der Waals surface area contributed by atoms with Gasteiger partial charge in [0, 0.05) is 29.2 Å². The summed E-state index contributed by atoms with van der Waals surface area (Å²) in [4.78, 5) is 23.9. The van der Waals surface area contributed by atoms with Crippen molar-refractivity contribution in [1.82, 2.24) is 9.80 Å². The van der Waals surface area contributed by atoms with Crippen LogP contribution in [-0.4, -0.2) is 54.5 Å². The number of rotatable bonds is 7. The van der Waals surface area contributed by atoms with Crippen molar-refractivity contribution in [1.29, 1.82) is 0 Å². The van der Waals surface area contributed by atoms with Gasteiger partial charge in [-0.05, 0) is 93.6 Å². The lowest BCUT2D eigenvalue weighted by Gasteiger charge is -2.40. The number of hydrogen-bond acceptors (Lipinski definition) is 5. The van der Waals surface area contributed by atoms with E-state index in [2.05, 4.69) is 6.92 Å². The zero-order valence-electron chi connectivity index (χ0n) is 24.5. The van der Waals surface area contributed by atoms with Gasteiger partial charge < -0.3 is 20.1 Å². The van der Waals surface area contributed by atoms with E-state index in [0.29, 0.717) is 58.5 Å². The summed E-state index contributed by atoms with van der Waals surface area (Å²) in [6, 6.07) is 20.4. The lowest BCUT2D eigenvalue weighted by molar-refractivity contribution is 0.135. The Morgan fingerprint density at radius 1 is 1.02 bits per heavy atom. The van der Waals surface area contributed by atoms with Crippen molar-refractivity contribution in [3.8, 4) is 11.5 Å². The van der Waals surface area contributed by atoms with Crippen molar-refractivity contribution in [3.63, 3.8) is 0 Å². The lowest BCUT2D eigenvalue weighted by atomic mass is 9.81. The van der Waals surface area contributed by atoms with Gasteiger partial charge >= 0.3 is 6.03 Å². The van der Waals surface area contributed by atoms with Crippen molar-refractivity contribution < 1.29 is 14.3 Å². The average Bonchev–Trinajstić information content (AvgIpc) is 3.30. The molecule has 3 aromatic carbocycles. The van der Waals surface area contributed by atoms with Crippen LogP contribution in [0.25, 0.3) is 0 Å². The molecule has 2 amide bonds. The number of carbonyl (C=O) groups excluding carboxylic acids is 1. The van der Waals surface area contributed by atoms with Crippen LogP contribution in [0, 0.1) is 5.92 Å². The van der Waals surface area contributed by atoms with Crippen LogP contribution >= 0.6 is 23.2 Å². The van der Waals surface area contributed by atoms with Crippen LogP contribution in [0.15, 0.2) is 71.7 Å². The Labute approximate surface area is 258 Å². The van der Waals surface area contributed by atoms with Crippen molar-refractivity contribution in [3.05, 3.63) is 93.5 Å². The minimum atomic E-state index is -0.853. The molecule has 0 aliphatic carbocycles. The molecule has 2 N–H and O–H groups in total. The monoisotopic (exact) mass is 608 g/mol. The maximum atomic E-state index is 14.7. The first-order valence-corrected chi connectivity index (χ1v) is 15.1. The molecule has 0 radical (unpaired) electrons. The van der Waals surface area contributed by atoms with E-state index in [1.54, 1.807) is 7.11 Å². The molecule has 0 spiro atoms. The number of nitrogens with zero attached hydrogens (tertiary/aromatic N) is 3. The predicted octanol–water partition coefficient (Wildman–Crippen LogP) is 7.30. The number of benzene rings is 3. The van der Waals surface area contributed by atoms with Gasteiger partial charge in [-0.2, -0.15) is 0 Å². The Balaban J connectivity index is 1.72. The van der Waals surface area contributed by atoms with Crippen molar-refractivity contribution in [2.24, 2.45) is 16.6 Å². The van der Waals surface area contributed by atoms with Crippen LogP contribution in [0.4, 0.5) is 4.79 Å². The van der Waals surface area contributed by atoms with Gasteiger partial charge in [0.05, 0.1) is 24.8 Å². The molecule has 0 unspecified atom stereocenters. The Hall–Kier alpha value is -3.26. The maximum Gasteiger partial charge on any atom is 0.326 e. The van der Waals surface area contributed by atoms with E-state index in [4.69, 9.17) is 43.4 Å². The zero-order chi connectivity index (χ0) is 30.0. The number of methoxy groups -OCH3 is 1. The summed E-state index contributed by atoms with van der Waals surface area (Å²) in [6.45, 7) is 7.90. The molecule has 5 rings (SSSR count). The highest BCUT2D eigenvalue weighted by Crippen LogP contribution is 2.50. The smallest absolute Gasteiger partial charge is 0.326 e. The number of aliphatic imine (C=N–C) groups is 1. The normalized spacial score (nSPS) is 21.0. The fraction of sp³-hybridized carbons (Fsp3) is 0.394. The van der Waals surface area contributed by atoms with Gasteiger partial charge in [-0.25, -0.2) is 4.79 Å². The molecule has 2 aliphatic heterocycles. The molecule has 2 heterocycles. The second-order valence-electron chi connectivity index (χ2n) is 11.4. The minimum absolute atomic E-state index is 0.104. The first kappa shape index (κ1) is 30.2. The zero-order valence-corrected chi connectivity index (χ0v) is 26.0. The molecule has 222 valence electrons. The van der Waals surface area contributed by atoms with Crippen LogP contribution in [-0.2, 0) is 5.54 Å². The van der Waals surface area contributed by atoms with Crippen LogP contribution < -0.4 is 15.2 Å². The standard InChI is InChI=1S/C33H38Cl2N4O3/c1-21(2)42-29-19-27(41-4)13-14-28(29)31-37-33(3,24-7-11-26(35)12-8-24)30(23-5-9-25(34)10-6-23)39(31)32(40)38-17-15-22(20-36)16-18-38/h5-14,19,21-22,30H,15-18,20,36H2,1-4H3/t30-,33+/m1/s1. The van der Waals surface area contributed by atoms with Crippen molar-refractivity contribution >= 4 is 35.1 Å². The maximum absolute atomic E-state index is 14.7. The Morgan fingerprint density at radius 2 is 1.64 bits per heavy atom. The second-order valence-corrected chi connectivity index (χ2v) is 12.3. The topological polar surface area (TPSA) is 80.4 Å². The van der Waals surface area contributed by atoms with Gasteiger partial charge in [0.1, 0.15) is 22.9 Å². The number of hydrogen-bond donors (Lipinski definition) is 1. The molecule has 1 saturated heterocycles. The van der Waals surface area contributed by atoms with E-state index in [9.17, 15) is 4.79 Å². The van der Waals surface area contributed by atoms with Crippen LogP contribution in [0.5, 0.6) is 11.5 Å². The average molecular weight is 610 g/mol. The van der Waals surface area contributed by atoms with Crippen molar-refractivity contribution in [2.45, 2.75) is 51.3 Å². The molecule has 7 nitrogen and oxygen atoms in total. The number of ether oxygens (including phenoxy) is 2. The number of nitrogens with two attached hydrogens (primary N) is 1. The van der Waals surface area contributed by atoms with Gasteiger partial charge in [0.25, 0.3) is 0 Å². The second kappa shape index (κ2) is 12.5. The Morgan fingerprint density at radius 3 is 2.21 bits per heavy atom. The molecule has 2 atom stereocenters. The highest BCUT2D eigenvalue weighted by molar-refractivity contribution is 6.30. The van der Waals surface area contributed by atoms with Crippen molar-refractivity contribution in [2.75, 3.05) is 26.7 Å². The summed E-state index contributed by atoms with van der Waals surface area (Å²) in [7, 11) is 1.62. The Bertz CT molecular complexity index is 1440. The molecule has 0 saturated carbocycles. The van der Waals surface area contributed by atoms with Gasteiger partial charge in [0.15, 0.2) is 0 Å². The molecule has 3 aromatic rings. The van der Waals surface area contributed by atoms with Crippen LogP contribution in [0.3, 0.4) is 0 Å². The van der Waals surface area contributed by atoms with Gasteiger partial charge in [-0.15, -0.1) is 0 Å². The highest BCUT2D eigenvalue weighted by atomic mass is 35.5. The van der Waals surface area contributed by atoms with E-state index in [-0.39, 0.29) is 12.1 Å². The van der Waals surface area contributed by atoms with Gasteiger partial charge in [-0.3, -0.25) is 9.89 Å². The van der Waals surface area contributed by atoms with Crippen LogP contribution in [0.1, 0.15) is 56.3 Å². The number of amides is 2.